The van der Waals surface area contributed by atoms with E-state index in [4.69, 9.17) is 0 Å². The lowest BCUT2D eigenvalue weighted by atomic mass is 9.85. The first-order valence-corrected chi connectivity index (χ1v) is 10.8. The number of halogens is 1. The number of imide groups is 1. The molecule has 1 saturated heterocycles. The fourth-order valence-corrected chi connectivity index (χ4v) is 5.57. The second-order valence-electron chi connectivity index (χ2n) is 8.67. The number of guanidine groups is 1. The van der Waals surface area contributed by atoms with Crippen molar-refractivity contribution in [3.63, 3.8) is 0 Å². The van der Waals surface area contributed by atoms with Gasteiger partial charge in [-0.2, -0.15) is 0 Å². The van der Waals surface area contributed by atoms with E-state index < -0.39 is 0 Å². The summed E-state index contributed by atoms with van der Waals surface area (Å²) in [7, 11) is 3.94. The number of allylic oxidation sites excluding steroid dienone is 2. The van der Waals surface area contributed by atoms with E-state index in [1.165, 1.54) is 30.6 Å². The van der Waals surface area contributed by atoms with Crippen LogP contribution in [0.4, 0.5) is 0 Å². The van der Waals surface area contributed by atoms with Gasteiger partial charge in [0.15, 0.2) is 5.96 Å². The van der Waals surface area contributed by atoms with Crippen LogP contribution in [0.25, 0.3) is 0 Å². The molecule has 2 saturated carbocycles. The molecule has 1 heterocycles. The van der Waals surface area contributed by atoms with Crippen LogP contribution in [0.1, 0.15) is 32.1 Å². The van der Waals surface area contributed by atoms with Gasteiger partial charge in [-0.1, -0.05) is 25.0 Å². The van der Waals surface area contributed by atoms with Crippen molar-refractivity contribution in [2.75, 3.05) is 40.3 Å². The highest BCUT2D eigenvalue weighted by Gasteiger charge is 2.58. The molecule has 2 bridgehead atoms. The normalized spacial score (nSPS) is 31.0. The van der Waals surface area contributed by atoms with Crippen LogP contribution in [0.5, 0.6) is 0 Å². The highest BCUT2D eigenvalue weighted by atomic mass is 127. The monoisotopic (exact) mass is 515 g/mol. The minimum Gasteiger partial charge on any atom is -0.355 e. The topological polar surface area (TPSA) is 77.0 Å². The summed E-state index contributed by atoms with van der Waals surface area (Å²) in [5.74, 6) is 1.11. The Labute approximate surface area is 190 Å². The van der Waals surface area contributed by atoms with Crippen LogP contribution >= 0.6 is 24.0 Å². The average molecular weight is 515 g/mol. The number of nitrogens with one attached hydrogen (secondary N) is 2. The first-order valence-electron chi connectivity index (χ1n) is 10.8. The SMILES string of the molecule is CN=C(NCCN1C(=O)C2C3C=CC(C3)C2C1=O)NCCN(C)C1CCCC1.I. The van der Waals surface area contributed by atoms with Crippen LogP contribution in [-0.2, 0) is 9.59 Å². The lowest BCUT2D eigenvalue weighted by molar-refractivity contribution is -0.140. The van der Waals surface area contributed by atoms with Crippen molar-refractivity contribution in [1.82, 2.24) is 20.4 Å². The van der Waals surface area contributed by atoms with E-state index in [1.54, 1.807) is 7.05 Å². The Morgan fingerprint density at radius 3 is 2.28 bits per heavy atom. The molecular weight excluding hydrogens is 481 g/mol. The van der Waals surface area contributed by atoms with E-state index >= 15 is 0 Å². The summed E-state index contributed by atoms with van der Waals surface area (Å²) in [6, 6.07) is 0.716. The van der Waals surface area contributed by atoms with Gasteiger partial charge in [0.1, 0.15) is 0 Å². The molecule has 0 aromatic carbocycles. The van der Waals surface area contributed by atoms with Crippen LogP contribution in [0, 0.1) is 23.7 Å². The van der Waals surface area contributed by atoms with Gasteiger partial charge in [0.05, 0.1) is 11.8 Å². The van der Waals surface area contributed by atoms with E-state index in [0.29, 0.717) is 19.1 Å². The Morgan fingerprint density at radius 2 is 1.69 bits per heavy atom. The predicted octanol–water partition coefficient (Wildman–Crippen LogP) is 1.45. The van der Waals surface area contributed by atoms with Gasteiger partial charge in [-0.15, -0.1) is 24.0 Å². The molecule has 8 heteroatoms. The molecule has 3 fully saturated rings. The third-order valence-corrected chi connectivity index (χ3v) is 7.12. The standard InChI is InChI=1S/C21H33N5O2.HI/c1-22-21(23-9-11-25(2)16-5-3-4-6-16)24-10-12-26-19(27)17-14-7-8-15(13-14)18(17)20(26)28;/h7-8,14-18H,3-6,9-13H2,1-2H3,(H2,22,23,24);1H. The summed E-state index contributed by atoms with van der Waals surface area (Å²) < 4.78 is 0. The highest BCUT2D eigenvalue weighted by Crippen LogP contribution is 2.52. The minimum absolute atomic E-state index is 0. The molecule has 7 nitrogen and oxygen atoms in total. The average Bonchev–Trinajstić information content (AvgIpc) is 3.47. The molecule has 0 aromatic rings. The number of fused-ring (bicyclic) bond motifs is 5. The number of amides is 2. The Kier molecular flexibility index (Phi) is 7.58. The van der Waals surface area contributed by atoms with Gasteiger partial charge in [-0.25, -0.2) is 0 Å². The lowest BCUT2D eigenvalue weighted by Gasteiger charge is -2.24. The zero-order valence-electron chi connectivity index (χ0n) is 17.5. The number of nitrogens with zero attached hydrogens (tertiary/aromatic N) is 3. The van der Waals surface area contributed by atoms with E-state index in [-0.39, 0.29) is 59.5 Å². The minimum atomic E-state index is -0.105. The summed E-state index contributed by atoms with van der Waals surface area (Å²) in [6.45, 7) is 2.74. The molecule has 0 aromatic heterocycles. The lowest BCUT2D eigenvalue weighted by Crippen LogP contribution is -2.45. The van der Waals surface area contributed by atoms with Crippen molar-refractivity contribution in [2.24, 2.45) is 28.7 Å². The maximum Gasteiger partial charge on any atom is 0.233 e. The van der Waals surface area contributed by atoms with Crippen LogP contribution in [0.15, 0.2) is 17.1 Å². The van der Waals surface area contributed by atoms with Gasteiger partial charge in [0.25, 0.3) is 0 Å². The van der Waals surface area contributed by atoms with E-state index in [9.17, 15) is 9.59 Å². The Morgan fingerprint density at radius 1 is 1.10 bits per heavy atom. The molecule has 29 heavy (non-hydrogen) atoms. The number of rotatable bonds is 7. The van der Waals surface area contributed by atoms with Gasteiger partial charge in [-0.3, -0.25) is 19.5 Å². The summed E-state index contributed by atoms with van der Waals surface area (Å²) >= 11 is 0. The second-order valence-corrected chi connectivity index (χ2v) is 8.67. The molecule has 4 atom stereocenters. The number of carbonyl (C=O) groups is 2. The summed E-state index contributed by atoms with van der Waals surface area (Å²) in [6.07, 6.45) is 10.5. The van der Waals surface area contributed by atoms with Gasteiger partial charge in [-0.05, 0) is 38.1 Å². The number of aliphatic imine (C=N–C) groups is 1. The quantitative estimate of drug-likeness (QED) is 0.177. The number of hydrogen-bond acceptors (Lipinski definition) is 4. The fraction of sp³-hybridized carbons (Fsp3) is 0.762. The van der Waals surface area contributed by atoms with Gasteiger partial charge >= 0.3 is 0 Å². The van der Waals surface area contributed by atoms with Crippen molar-refractivity contribution in [3.8, 4) is 0 Å². The molecule has 0 radical (unpaired) electrons. The van der Waals surface area contributed by atoms with Gasteiger partial charge < -0.3 is 15.5 Å². The number of likely N-dealkylation sites (N-methyl/N-ethyl adjacent to an activating group) is 1. The zero-order chi connectivity index (χ0) is 19.7. The Hall–Kier alpha value is -1.16. The van der Waals surface area contributed by atoms with Crippen molar-refractivity contribution in [2.45, 2.75) is 38.1 Å². The van der Waals surface area contributed by atoms with Crippen molar-refractivity contribution in [3.05, 3.63) is 12.2 Å². The van der Waals surface area contributed by atoms with E-state index in [0.717, 1.165) is 25.5 Å². The van der Waals surface area contributed by atoms with Crippen molar-refractivity contribution in [1.29, 1.82) is 0 Å². The molecule has 162 valence electrons. The first-order chi connectivity index (χ1) is 13.6. The molecule has 4 aliphatic rings. The fourth-order valence-electron chi connectivity index (χ4n) is 5.57. The number of hydrogen-bond donors (Lipinski definition) is 2. The molecule has 2 N–H and O–H groups in total. The summed E-state index contributed by atoms with van der Waals surface area (Å²) in [5.41, 5.74) is 0. The molecule has 4 unspecified atom stereocenters. The Balaban J connectivity index is 0.00000240. The van der Waals surface area contributed by atoms with Crippen LogP contribution in [-0.4, -0.2) is 73.9 Å². The molecule has 2 amide bonds. The maximum atomic E-state index is 12.7. The van der Waals surface area contributed by atoms with Crippen LogP contribution in [0.2, 0.25) is 0 Å². The largest absolute Gasteiger partial charge is 0.355 e. The second kappa shape index (κ2) is 9.76. The van der Waals surface area contributed by atoms with Crippen LogP contribution < -0.4 is 10.6 Å². The van der Waals surface area contributed by atoms with Gasteiger partial charge in [0.2, 0.25) is 11.8 Å². The first kappa shape index (κ1) is 22.5. The summed E-state index contributed by atoms with van der Waals surface area (Å²) in [4.78, 5) is 33.5. The molecular formula is C21H34IN5O2. The third kappa shape index (κ3) is 4.47. The highest BCUT2D eigenvalue weighted by molar-refractivity contribution is 14.0. The predicted molar refractivity (Wildman–Crippen MR) is 124 cm³/mol. The number of carbonyl (C=O) groups excluding carboxylic acids is 2. The zero-order valence-corrected chi connectivity index (χ0v) is 19.8. The molecule has 1 aliphatic heterocycles. The van der Waals surface area contributed by atoms with Crippen molar-refractivity contribution >= 4 is 41.8 Å². The molecule has 0 spiro atoms. The van der Waals surface area contributed by atoms with E-state index in [2.05, 4.69) is 39.7 Å². The van der Waals surface area contributed by atoms with Crippen LogP contribution in [0.3, 0.4) is 0 Å². The van der Waals surface area contributed by atoms with Crippen molar-refractivity contribution < 1.29 is 9.59 Å². The maximum absolute atomic E-state index is 12.7. The summed E-state index contributed by atoms with van der Waals surface area (Å²) in [5, 5.41) is 6.58. The third-order valence-electron chi connectivity index (χ3n) is 7.12. The van der Waals surface area contributed by atoms with E-state index in [1.807, 2.05) is 0 Å². The molecule has 4 rings (SSSR count). The number of likely N-dealkylation sites (tertiary alicyclic amines) is 1. The van der Waals surface area contributed by atoms with Gasteiger partial charge in [0, 0.05) is 39.3 Å². The molecule has 3 aliphatic carbocycles. The smallest absolute Gasteiger partial charge is 0.233 e. The Bertz CT molecular complexity index is 646.